The van der Waals surface area contributed by atoms with Gasteiger partial charge in [-0.25, -0.2) is 4.79 Å². The molecule has 1 heterocycles. The average molecular weight is 300 g/mol. The molecule has 1 aliphatic rings. The molecule has 0 radical (unpaired) electrons. The quantitative estimate of drug-likeness (QED) is 0.811. The molecule has 0 bridgehead atoms. The molecule has 0 aromatic carbocycles. The van der Waals surface area contributed by atoms with E-state index in [-0.39, 0.29) is 12.6 Å². The van der Waals surface area contributed by atoms with E-state index < -0.39 is 16.9 Å². The van der Waals surface area contributed by atoms with E-state index in [4.69, 9.17) is 0 Å². The fraction of sp³-hybridized carbons (Fsp3) is 0.867. The highest BCUT2D eigenvalue weighted by Gasteiger charge is 2.42. The maximum absolute atomic E-state index is 12.4. The predicted molar refractivity (Wildman–Crippen MR) is 80.1 cm³/mol. The number of aliphatic hydroxyl groups excluding tert-OH is 1. The third-order valence-electron chi connectivity index (χ3n) is 4.76. The number of carboxylic acid groups (broad SMARTS) is 1. The van der Waals surface area contributed by atoms with Crippen LogP contribution >= 0.6 is 0 Å². The van der Waals surface area contributed by atoms with Gasteiger partial charge < -0.3 is 20.0 Å². The number of aliphatic carboxylic acids is 1. The lowest BCUT2D eigenvalue weighted by atomic mass is 9.75. The monoisotopic (exact) mass is 300 g/mol. The predicted octanol–water partition coefficient (Wildman–Crippen LogP) is 1.78. The van der Waals surface area contributed by atoms with Gasteiger partial charge >= 0.3 is 12.0 Å². The first kappa shape index (κ1) is 17.8. The third kappa shape index (κ3) is 3.67. The lowest BCUT2D eigenvalue weighted by molar-refractivity contribution is -0.152. The smallest absolute Gasteiger partial charge is 0.320 e. The van der Waals surface area contributed by atoms with Gasteiger partial charge in [-0.15, -0.1) is 0 Å². The molecule has 6 nitrogen and oxygen atoms in total. The summed E-state index contributed by atoms with van der Waals surface area (Å²) in [6.07, 6.45) is 2.48. The van der Waals surface area contributed by atoms with Crippen LogP contribution in [0.4, 0.5) is 4.79 Å². The minimum absolute atomic E-state index is 0.113. The van der Waals surface area contributed by atoms with E-state index in [0.717, 1.165) is 6.42 Å². The van der Waals surface area contributed by atoms with Gasteiger partial charge in [0.2, 0.25) is 0 Å². The first-order valence-corrected chi connectivity index (χ1v) is 7.57. The number of carboxylic acids is 1. The van der Waals surface area contributed by atoms with E-state index in [1.807, 2.05) is 6.92 Å². The van der Waals surface area contributed by atoms with Crippen molar-refractivity contribution in [2.45, 2.75) is 52.0 Å². The van der Waals surface area contributed by atoms with E-state index in [2.05, 4.69) is 0 Å². The Balaban J connectivity index is 2.72. The summed E-state index contributed by atoms with van der Waals surface area (Å²) in [5.74, 6) is -0.750. The SMILES string of the molecule is CCCC1(C(=O)O)CCN(C(=O)N(C)C(C)(C)CO)CC1. The lowest BCUT2D eigenvalue weighted by Gasteiger charge is -2.43. The van der Waals surface area contributed by atoms with Gasteiger partial charge in [-0.3, -0.25) is 4.79 Å². The molecule has 1 saturated heterocycles. The highest BCUT2D eigenvalue weighted by atomic mass is 16.4. The van der Waals surface area contributed by atoms with E-state index >= 15 is 0 Å². The van der Waals surface area contributed by atoms with Gasteiger partial charge in [0, 0.05) is 20.1 Å². The Bertz CT molecular complexity index is 387. The Morgan fingerprint density at radius 3 is 2.19 bits per heavy atom. The summed E-state index contributed by atoms with van der Waals surface area (Å²) in [7, 11) is 1.67. The van der Waals surface area contributed by atoms with Crippen molar-refractivity contribution in [2.75, 3.05) is 26.7 Å². The molecule has 1 aliphatic heterocycles. The largest absolute Gasteiger partial charge is 0.481 e. The van der Waals surface area contributed by atoms with Gasteiger partial charge in [0.25, 0.3) is 0 Å². The summed E-state index contributed by atoms with van der Waals surface area (Å²) in [4.78, 5) is 27.2. The average Bonchev–Trinajstić information content (AvgIpc) is 2.46. The minimum atomic E-state index is -0.750. The van der Waals surface area contributed by atoms with Crippen molar-refractivity contribution in [3.63, 3.8) is 0 Å². The summed E-state index contributed by atoms with van der Waals surface area (Å²) in [5, 5.41) is 18.8. The number of carbonyl (C=O) groups is 2. The van der Waals surface area contributed by atoms with Gasteiger partial charge in [-0.2, -0.15) is 0 Å². The van der Waals surface area contributed by atoms with Gasteiger partial charge in [0.15, 0.2) is 0 Å². The Labute approximate surface area is 126 Å². The standard InChI is InChI=1S/C15H28N2O4/c1-5-6-15(12(19)20)7-9-17(10-8-15)13(21)16(4)14(2,3)11-18/h18H,5-11H2,1-4H3,(H,19,20). The lowest BCUT2D eigenvalue weighted by Crippen LogP contribution is -2.56. The molecular formula is C15H28N2O4. The first-order chi connectivity index (χ1) is 9.70. The molecule has 1 rings (SSSR count). The summed E-state index contributed by atoms with van der Waals surface area (Å²) >= 11 is 0. The van der Waals surface area contributed by atoms with Gasteiger partial charge in [0.05, 0.1) is 17.6 Å². The maximum Gasteiger partial charge on any atom is 0.320 e. The normalized spacial score (nSPS) is 18.4. The van der Waals surface area contributed by atoms with Crippen LogP contribution in [0.15, 0.2) is 0 Å². The first-order valence-electron chi connectivity index (χ1n) is 7.57. The number of aliphatic hydroxyl groups is 1. The van der Waals surface area contributed by atoms with Crippen molar-refractivity contribution in [1.82, 2.24) is 9.80 Å². The van der Waals surface area contributed by atoms with E-state index in [1.165, 1.54) is 4.90 Å². The number of nitrogens with zero attached hydrogens (tertiary/aromatic N) is 2. The molecular weight excluding hydrogens is 272 g/mol. The van der Waals surface area contributed by atoms with Crippen LogP contribution < -0.4 is 0 Å². The van der Waals surface area contributed by atoms with Crippen LogP contribution in [0.5, 0.6) is 0 Å². The fourth-order valence-electron chi connectivity index (χ4n) is 2.75. The van der Waals surface area contributed by atoms with Gasteiger partial charge in [0.1, 0.15) is 0 Å². The molecule has 0 atom stereocenters. The van der Waals surface area contributed by atoms with Crippen molar-refractivity contribution in [3.8, 4) is 0 Å². The summed E-state index contributed by atoms with van der Waals surface area (Å²) in [6, 6.07) is -0.149. The van der Waals surface area contributed by atoms with E-state index in [1.54, 1.807) is 25.8 Å². The Hall–Kier alpha value is -1.30. The highest BCUT2D eigenvalue weighted by molar-refractivity contribution is 5.77. The van der Waals surface area contributed by atoms with Crippen molar-refractivity contribution in [2.24, 2.45) is 5.41 Å². The number of amides is 2. The van der Waals surface area contributed by atoms with Crippen molar-refractivity contribution in [1.29, 1.82) is 0 Å². The van der Waals surface area contributed by atoms with Crippen LogP contribution in [0, 0.1) is 5.41 Å². The maximum atomic E-state index is 12.4. The number of carbonyl (C=O) groups excluding carboxylic acids is 1. The minimum Gasteiger partial charge on any atom is -0.481 e. The topological polar surface area (TPSA) is 81.1 Å². The van der Waals surface area contributed by atoms with Gasteiger partial charge in [-0.1, -0.05) is 13.3 Å². The van der Waals surface area contributed by atoms with Gasteiger partial charge in [-0.05, 0) is 33.1 Å². The van der Waals surface area contributed by atoms with Crippen LogP contribution in [0.25, 0.3) is 0 Å². The molecule has 0 aromatic rings. The highest BCUT2D eigenvalue weighted by Crippen LogP contribution is 2.36. The van der Waals surface area contributed by atoms with Crippen molar-refractivity contribution in [3.05, 3.63) is 0 Å². The number of piperidine rings is 1. The second kappa shape index (κ2) is 6.64. The summed E-state index contributed by atoms with van der Waals surface area (Å²) < 4.78 is 0. The number of hydrogen-bond donors (Lipinski definition) is 2. The summed E-state index contributed by atoms with van der Waals surface area (Å²) in [5.41, 5.74) is -1.31. The Kier molecular flexibility index (Phi) is 5.61. The molecule has 1 fully saturated rings. The molecule has 0 unspecified atom stereocenters. The van der Waals surface area contributed by atoms with Crippen molar-refractivity contribution < 1.29 is 19.8 Å². The molecule has 0 aliphatic carbocycles. The fourth-order valence-corrected chi connectivity index (χ4v) is 2.75. The molecule has 122 valence electrons. The number of likely N-dealkylation sites (N-methyl/N-ethyl adjacent to an activating group) is 1. The summed E-state index contributed by atoms with van der Waals surface area (Å²) in [6.45, 7) is 6.38. The van der Waals surface area contributed by atoms with Crippen LogP contribution in [0.3, 0.4) is 0 Å². The molecule has 6 heteroatoms. The van der Waals surface area contributed by atoms with Crippen LogP contribution in [-0.2, 0) is 4.79 Å². The zero-order chi connectivity index (χ0) is 16.3. The number of rotatable bonds is 5. The molecule has 21 heavy (non-hydrogen) atoms. The molecule has 2 amide bonds. The second-order valence-corrected chi connectivity index (χ2v) is 6.63. The zero-order valence-electron chi connectivity index (χ0n) is 13.6. The van der Waals surface area contributed by atoms with E-state index in [9.17, 15) is 19.8 Å². The van der Waals surface area contributed by atoms with Crippen LogP contribution in [-0.4, -0.2) is 64.3 Å². The van der Waals surface area contributed by atoms with Crippen LogP contribution in [0.1, 0.15) is 46.5 Å². The number of likely N-dealkylation sites (tertiary alicyclic amines) is 1. The van der Waals surface area contributed by atoms with Crippen LogP contribution in [0.2, 0.25) is 0 Å². The zero-order valence-corrected chi connectivity index (χ0v) is 13.6. The third-order valence-corrected chi connectivity index (χ3v) is 4.76. The number of hydrogen-bond acceptors (Lipinski definition) is 3. The Morgan fingerprint density at radius 2 is 1.81 bits per heavy atom. The number of urea groups is 1. The molecule has 2 N–H and O–H groups in total. The van der Waals surface area contributed by atoms with E-state index in [0.29, 0.717) is 32.4 Å². The molecule has 0 spiro atoms. The molecule has 0 aromatic heterocycles. The second-order valence-electron chi connectivity index (χ2n) is 6.63. The van der Waals surface area contributed by atoms with Crippen molar-refractivity contribution >= 4 is 12.0 Å². The molecule has 0 saturated carbocycles. The Morgan fingerprint density at radius 1 is 1.29 bits per heavy atom.